The zero-order valence-corrected chi connectivity index (χ0v) is 17.5. The Kier molecular flexibility index (Phi) is 8.48. The third-order valence-electron chi connectivity index (χ3n) is 3.85. The number of aromatic nitrogens is 2. The summed E-state index contributed by atoms with van der Waals surface area (Å²) in [7, 11) is 1.28. The topological polar surface area (TPSA) is 99.5 Å². The Morgan fingerprint density at radius 3 is 2.45 bits per heavy atom. The zero-order valence-electron chi connectivity index (χ0n) is 16.7. The number of alkyl halides is 3. The van der Waals surface area contributed by atoms with E-state index in [0.29, 0.717) is 16.1 Å². The molecule has 0 bridgehead atoms. The molecule has 0 saturated heterocycles. The van der Waals surface area contributed by atoms with Crippen molar-refractivity contribution in [1.82, 2.24) is 9.78 Å². The molecule has 2 aromatic rings. The summed E-state index contributed by atoms with van der Waals surface area (Å²) in [6, 6.07) is 5.50. The lowest BCUT2D eigenvalue weighted by molar-refractivity contribution is -0.143. The predicted molar refractivity (Wildman–Crippen MR) is 107 cm³/mol. The molecule has 1 aromatic carbocycles. The molecule has 0 saturated carbocycles. The van der Waals surface area contributed by atoms with Crippen molar-refractivity contribution in [3.05, 3.63) is 41.7 Å². The maximum absolute atomic E-state index is 13.5. The standard InChI is InChI=1S/C19H20F3N3O5S/c1-3-30-18(28)14-10-23-25(17(14)19(20,21)22)13-6-4-12(5-7-13)24-15(26)8-9-31-11-16(27)29-2/h4-7,10H,3,8-9,11H2,1-2H3,(H,24,26). The van der Waals surface area contributed by atoms with Gasteiger partial charge in [-0.1, -0.05) is 0 Å². The Morgan fingerprint density at radius 1 is 1.19 bits per heavy atom. The van der Waals surface area contributed by atoms with Crippen LogP contribution in [-0.2, 0) is 25.2 Å². The highest BCUT2D eigenvalue weighted by molar-refractivity contribution is 7.99. The molecule has 0 fully saturated rings. The molecule has 0 aliphatic rings. The monoisotopic (exact) mass is 459 g/mol. The number of hydrogen-bond acceptors (Lipinski definition) is 7. The summed E-state index contributed by atoms with van der Waals surface area (Å²) >= 11 is 1.25. The van der Waals surface area contributed by atoms with Crippen LogP contribution in [0.25, 0.3) is 5.69 Å². The molecule has 0 unspecified atom stereocenters. The van der Waals surface area contributed by atoms with E-state index in [0.717, 1.165) is 6.20 Å². The van der Waals surface area contributed by atoms with Crippen LogP contribution in [-0.4, -0.2) is 52.8 Å². The smallest absolute Gasteiger partial charge is 0.434 e. The van der Waals surface area contributed by atoms with Crippen molar-refractivity contribution in [2.24, 2.45) is 0 Å². The van der Waals surface area contributed by atoms with E-state index in [9.17, 15) is 27.6 Å². The van der Waals surface area contributed by atoms with E-state index in [4.69, 9.17) is 0 Å². The lowest BCUT2D eigenvalue weighted by atomic mass is 10.2. The fourth-order valence-electron chi connectivity index (χ4n) is 2.46. The van der Waals surface area contributed by atoms with E-state index >= 15 is 0 Å². The average molecular weight is 459 g/mol. The van der Waals surface area contributed by atoms with Crippen molar-refractivity contribution >= 4 is 35.3 Å². The fourth-order valence-corrected chi connectivity index (χ4v) is 3.22. The Labute approximate surface area is 180 Å². The summed E-state index contributed by atoms with van der Waals surface area (Å²) in [5, 5.41) is 6.30. The van der Waals surface area contributed by atoms with Crippen LogP contribution in [0.3, 0.4) is 0 Å². The first kappa shape index (κ1) is 24.3. The molecule has 12 heteroatoms. The summed E-state index contributed by atoms with van der Waals surface area (Å²) in [6.07, 6.45) is -3.89. The second kappa shape index (κ2) is 10.8. The van der Waals surface area contributed by atoms with Gasteiger partial charge >= 0.3 is 18.1 Å². The molecular formula is C19H20F3N3O5S. The number of nitrogens with one attached hydrogen (secondary N) is 1. The molecule has 0 aliphatic carbocycles. The van der Waals surface area contributed by atoms with Gasteiger partial charge in [0.05, 0.1) is 31.4 Å². The second-order valence-electron chi connectivity index (χ2n) is 6.01. The van der Waals surface area contributed by atoms with E-state index in [-0.39, 0.29) is 36.3 Å². The van der Waals surface area contributed by atoms with Gasteiger partial charge in [0.1, 0.15) is 5.56 Å². The quantitative estimate of drug-likeness (QED) is 0.454. The second-order valence-corrected chi connectivity index (χ2v) is 7.12. The largest absolute Gasteiger partial charge is 0.468 e. The average Bonchev–Trinajstić information content (AvgIpc) is 3.17. The number of amides is 1. The molecule has 31 heavy (non-hydrogen) atoms. The molecule has 0 radical (unpaired) electrons. The maximum atomic E-state index is 13.5. The van der Waals surface area contributed by atoms with Crippen LogP contribution in [0.4, 0.5) is 18.9 Å². The number of benzene rings is 1. The zero-order chi connectivity index (χ0) is 23.0. The van der Waals surface area contributed by atoms with Crippen molar-refractivity contribution in [2.75, 3.05) is 30.5 Å². The van der Waals surface area contributed by atoms with E-state index in [1.54, 1.807) is 0 Å². The molecule has 1 amide bonds. The van der Waals surface area contributed by atoms with Crippen LogP contribution < -0.4 is 5.32 Å². The molecule has 0 spiro atoms. The number of ether oxygens (including phenoxy) is 2. The van der Waals surface area contributed by atoms with Gasteiger partial charge in [0.2, 0.25) is 5.91 Å². The van der Waals surface area contributed by atoms with Crippen LogP contribution >= 0.6 is 11.8 Å². The third-order valence-corrected chi connectivity index (χ3v) is 4.78. The summed E-state index contributed by atoms with van der Waals surface area (Å²) in [6.45, 7) is 1.41. The van der Waals surface area contributed by atoms with Gasteiger partial charge in [0.15, 0.2) is 5.69 Å². The van der Waals surface area contributed by atoms with Crippen molar-refractivity contribution in [2.45, 2.75) is 19.5 Å². The Morgan fingerprint density at radius 2 is 1.87 bits per heavy atom. The van der Waals surface area contributed by atoms with E-state index in [2.05, 4.69) is 19.9 Å². The Hall–Kier alpha value is -3.02. The molecule has 168 valence electrons. The Balaban J connectivity index is 2.09. The van der Waals surface area contributed by atoms with Gasteiger partial charge in [-0.15, -0.1) is 11.8 Å². The number of thioether (sulfide) groups is 1. The lowest BCUT2D eigenvalue weighted by Gasteiger charge is -2.13. The predicted octanol–water partition coefficient (Wildman–Crippen LogP) is 3.30. The first-order chi connectivity index (χ1) is 14.7. The highest BCUT2D eigenvalue weighted by atomic mass is 32.2. The molecule has 1 heterocycles. The third kappa shape index (κ3) is 6.74. The number of esters is 2. The normalized spacial score (nSPS) is 11.1. The van der Waals surface area contributed by atoms with Crippen molar-refractivity contribution in [3.8, 4) is 5.69 Å². The van der Waals surface area contributed by atoms with Gasteiger partial charge in [-0.05, 0) is 31.2 Å². The molecule has 0 aliphatic heterocycles. The van der Waals surface area contributed by atoms with Crippen LogP contribution in [0.1, 0.15) is 29.4 Å². The summed E-state index contributed by atoms with van der Waals surface area (Å²) < 4.78 is 50.4. The van der Waals surface area contributed by atoms with Gasteiger partial charge < -0.3 is 14.8 Å². The summed E-state index contributed by atoms with van der Waals surface area (Å²) in [5.41, 5.74) is -1.51. The number of carbonyl (C=O) groups excluding carboxylic acids is 3. The highest BCUT2D eigenvalue weighted by Gasteiger charge is 2.41. The number of hydrogen-bond donors (Lipinski definition) is 1. The number of carbonyl (C=O) groups is 3. The van der Waals surface area contributed by atoms with E-state index in [1.807, 2.05) is 0 Å². The summed E-state index contributed by atoms with van der Waals surface area (Å²) in [4.78, 5) is 34.8. The number of anilines is 1. The first-order valence-corrected chi connectivity index (χ1v) is 10.2. The van der Waals surface area contributed by atoms with E-state index in [1.165, 1.54) is 50.1 Å². The van der Waals surface area contributed by atoms with Crippen molar-refractivity contribution in [3.63, 3.8) is 0 Å². The van der Waals surface area contributed by atoms with Gasteiger partial charge in [-0.3, -0.25) is 9.59 Å². The molecule has 8 nitrogen and oxygen atoms in total. The number of rotatable bonds is 9. The van der Waals surface area contributed by atoms with Crippen LogP contribution in [0.5, 0.6) is 0 Å². The number of halogens is 3. The summed E-state index contributed by atoms with van der Waals surface area (Å²) in [5.74, 6) is -1.28. The van der Waals surface area contributed by atoms with Gasteiger partial charge in [0.25, 0.3) is 0 Å². The van der Waals surface area contributed by atoms with Crippen LogP contribution in [0.2, 0.25) is 0 Å². The minimum absolute atomic E-state index is 0.0505. The van der Waals surface area contributed by atoms with Crippen molar-refractivity contribution < 1.29 is 37.0 Å². The molecule has 2 rings (SSSR count). The Bertz CT molecular complexity index is 929. The van der Waals surface area contributed by atoms with Crippen molar-refractivity contribution in [1.29, 1.82) is 0 Å². The number of nitrogens with zero attached hydrogens (tertiary/aromatic N) is 2. The minimum Gasteiger partial charge on any atom is -0.468 e. The van der Waals surface area contributed by atoms with Gasteiger partial charge in [-0.2, -0.15) is 18.3 Å². The van der Waals surface area contributed by atoms with Crippen LogP contribution in [0, 0.1) is 0 Å². The van der Waals surface area contributed by atoms with E-state index < -0.39 is 23.4 Å². The first-order valence-electron chi connectivity index (χ1n) is 9.04. The highest BCUT2D eigenvalue weighted by Crippen LogP contribution is 2.34. The van der Waals surface area contributed by atoms with Crippen LogP contribution in [0.15, 0.2) is 30.5 Å². The molecule has 1 N–H and O–H groups in total. The molecular weight excluding hydrogens is 439 g/mol. The molecule has 0 atom stereocenters. The SMILES string of the molecule is CCOC(=O)c1cnn(-c2ccc(NC(=O)CCSCC(=O)OC)cc2)c1C(F)(F)F. The van der Waals surface area contributed by atoms with Gasteiger partial charge in [-0.25, -0.2) is 9.48 Å². The lowest BCUT2D eigenvalue weighted by Crippen LogP contribution is -2.18. The maximum Gasteiger partial charge on any atom is 0.434 e. The number of methoxy groups -OCH3 is 1. The molecule has 1 aromatic heterocycles. The fraction of sp³-hybridized carbons (Fsp3) is 0.368. The van der Waals surface area contributed by atoms with Gasteiger partial charge in [0, 0.05) is 17.9 Å². The minimum atomic E-state index is -4.84.